The maximum atomic E-state index is 13.0. The van der Waals surface area contributed by atoms with Gasteiger partial charge in [-0.25, -0.2) is 4.68 Å². The zero-order chi connectivity index (χ0) is 17.5. The molecule has 24 heavy (non-hydrogen) atoms. The Hall–Kier alpha value is -2.77. The Balaban J connectivity index is 2.32. The zero-order valence-electron chi connectivity index (χ0n) is 13.8. The van der Waals surface area contributed by atoms with E-state index in [-0.39, 0.29) is 12.5 Å². The van der Waals surface area contributed by atoms with Crippen LogP contribution >= 0.6 is 0 Å². The van der Waals surface area contributed by atoms with Crippen LogP contribution in [0, 0.1) is 6.92 Å². The highest BCUT2D eigenvalue weighted by atomic mass is 16.4. The van der Waals surface area contributed by atoms with Crippen molar-refractivity contribution in [1.82, 2.24) is 25.1 Å². The number of carboxylic acid groups (broad SMARTS) is 1. The molecule has 0 saturated carbocycles. The normalized spacial score (nSPS) is 11.9. The maximum Gasteiger partial charge on any atom is 0.323 e. The summed E-state index contributed by atoms with van der Waals surface area (Å²) in [6.45, 7) is 3.65. The van der Waals surface area contributed by atoms with Gasteiger partial charge in [-0.05, 0) is 29.3 Å². The third-order valence-electron chi connectivity index (χ3n) is 3.64. The number of nitrogens with zero attached hydrogens (tertiary/aromatic N) is 5. The van der Waals surface area contributed by atoms with Crippen molar-refractivity contribution in [3.63, 3.8) is 0 Å². The van der Waals surface area contributed by atoms with Crippen LogP contribution < -0.4 is 0 Å². The summed E-state index contributed by atoms with van der Waals surface area (Å²) < 4.78 is 1.46. The van der Waals surface area contributed by atoms with Gasteiger partial charge in [-0.15, -0.1) is 5.10 Å². The lowest BCUT2D eigenvalue weighted by molar-refractivity contribution is -0.146. The molecular weight excluding hydrogens is 310 g/mol. The van der Waals surface area contributed by atoms with Gasteiger partial charge in [0.2, 0.25) is 5.91 Å². The van der Waals surface area contributed by atoms with E-state index in [0.717, 1.165) is 5.56 Å². The molecule has 0 bridgehead atoms. The predicted molar refractivity (Wildman–Crippen MR) is 86.2 cm³/mol. The second-order valence-corrected chi connectivity index (χ2v) is 5.53. The van der Waals surface area contributed by atoms with Crippen molar-refractivity contribution in [2.24, 2.45) is 0 Å². The number of carbonyl (C=O) groups is 2. The van der Waals surface area contributed by atoms with E-state index >= 15 is 0 Å². The molecule has 1 heterocycles. The Labute approximate surface area is 140 Å². The fraction of sp³-hybridized carbons (Fsp3) is 0.438. The fourth-order valence-electron chi connectivity index (χ4n) is 2.55. The molecule has 1 atom stereocenters. The molecule has 0 fully saturated rings. The number of amides is 1. The van der Waals surface area contributed by atoms with Gasteiger partial charge in [0.05, 0.1) is 0 Å². The highest BCUT2D eigenvalue weighted by Gasteiger charge is 2.29. The first kappa shape index (κ1) is 17.6. The minimum Gasteiger partial charge on any atom is -0.480 e. The molecule has 0 aliphatic heterocycles. The number of hydrogen-bond acceptors (Lipinski definition) is 5. The Bertz CT molecular complexity index is 686. The number of tetrazole rings is 1. The molecule has 0 saturated heterocycles. The minimum atomic E-state index is -1.04. The molecule has 2 aromatic rings. The molecule has 1 aromatic heterocycles. The first-order valence-electron chi connectivity index (χ1n) is 7.82. The number of carbonyl (C=O) groups excluding carboxylic acids is 1. The summed E-state index contributed by atoms with van der Waals surface area (Å²) in [6.07, 6.45) is 1.07. The number of benzene rings is 1. The summed E-state index contributed by atoms with van der Waals surface area (Å²) >= 11 is 0. The topological polar surface area (TPSA) is 101 Å². The van der Waals surface area contributed by atoms with E-state index in [2.05, 4.69) is 15.5 Å². The van der Waals surface area contributed by atoms with E-state index in [0.29, 0.717) is 25.2 Å². The SMILES string of the molecule is CCCN(CC(=O)O)C(=O)C(Cc1ccccc1)n1nnnc1C. The van der Waals surface area contributed by atoms with E-state index in [1.165, 1.54) is 9.58 Å². The van der Waals surface area contributed by atoms with E-state index in [4.69, 9.17) is 5.11 Å². The lowest BCUT2D eigenvalue weighted by atomic mass is 10.0. The highest BCUT2D eigenvalue weighted by Crippen LogP contribution is 2.18. The molecule has 128 valence electrons. The Morgan fingerprint density at radius 3 is 2.54 bits per heavy atom. The summed E-state index contributed by atoms with van der Waals surface area (Å²) in [7, 11) is 0. The van der Waals surface area contributed by atoms with Gasteiger partial charge in [0.15, 0.2) is 0 Å². The lowest BCUT2D eigenvalue weighted by Crippen LogP contribution is -2.42. The van der Waals surface area contributed by atoms with Gasteiger partial charge in [-0.1, -0.05) is 37.3 Å². The van der Waals surface area contributed by atoms with Gasteiger partial charge in [0.1, 0.15) is 18.4 Å². The van der Waals surface area contributed by atoms with Crippen LogP contribution in [-0.4, -0.2) is 55.2 Å². The largest absolute Gasteiger partial charge is 0.480 e. The number of aromatic nitrogens is 4. The molecule has 8 nitrogen and oxygen atoms in total. The smallest absolute Gasteiger partial charge is 0.323 e. The van der Waals surface area contributed by atoms with Crippen molar-refractivity contribution in [3.8, 4) is 0 Å². The fourth-order valence-corrected chi connectivity index (χ4v) is 2.55. The molecule has 1 unspecified atom stereocenters. The van der Waals surface area contributed by atoms with Crippen LogP contribution in [-0.2, 0) is 16.0 Å². The van der Waals surface area contributed by atoms with Crippen LogP contribution in [0.1, 0.15) is 30.8 Å². The van der Waals surface area contributed by atoms with E-state index in [1.807, 2.05) is 37.3 Å². The van der Waals surface area contributed by atoms with Crippen LogP contribution in [0.15, 0.2) is 30.3 Å². The predicted octanol–water partition coefficient (Wildman–Crippen LogP) is 1.09. The van der Waals surface area contributed by atoms with E-state index in [1.54, 1.807) is 6.92 Å². The number of rotatable bonds is 8. The molecule has 1 aromatic carbocycles. The van der Waals surface area contributed by atoms with Crippen LogP contribution in [0.3, 0.4) is 0 Å². The number of aliphatic carboxylic acids is 1. The monoisotopic (exact) mass is 331 g/mol. The Morgan fingerprint density at radius 2 is 2.00 bits per heavy atom. The first-order chi connectivity index (χ1) is 11.5. The summed E-state index contributed by atoms with van der Waals surface area (Å²) in [5.41, 5.74) is 0.956. The molecule has 1 N–H and O–H groups in total. The van der Waals surface area contributed by atoms with Crippen LogP contribution in [0.4, 0.5) is 0 Å². The van der Waals surface area contributed by atoms with Crippen molar-refractivity contribution in [1.29, 1.82) is 0 Å². The van der Waals surface area contributed by atoms with Crippen molar-refractivity contribution in [2.75, 3.05) is 13.1 Å². The second kappa shape index (κ2) is 8.19. The third kappa shape index (κ3) is 4.37. The van der Waals surface area contributed by atoms with Gasteiger partial charge in [-0.3, -0.25) is 9.59 Å². The van der Waals surface area contributed by atoms with Gasteiger partial charge < -0.3 is 10.0 Å². The Morgan fingerprint density at radius 1 is 1.29 bits per heavy atom. The first-order valence-corrected chi connectivity index (χ1v) is 7.82. The molecule has 0 radical (unpaired) electrons. The van der Waals surface area contributed by atoms with Crippen molar-refractivity contribution >= 4 is 11.9 Å². The second-order valence-electron chi connectivity index (χ2n) is 5.53. The summed E-state index contributed by atoms with van der Waals surface area (Å²) in [5.74, 6) is -0.821. The van der Waals surface area contributed by atoms with E-state index < -0.39 is 12.0 Å². The molecule has 8 heteroatoms. The standard InChI is InChI=1S/C16H21N5O3/c1-3-9-20(11-15(22)23)16(24)14(21-12(2)17-18-19-21)10-13-7-5-4-6-8-13/h4-8,14H,3,9-11H2,1-2H3,(H,22,23). The van der Waals surface area contributed by atoms with Gasteiger partial charge in [0.25, 0.3) is 0 Å². The number of aryl methyl sites for hydroxylation is 1. The minimum absolute atomic E-state index is 0.293. The van der Waals surface area contributed by atoms with Crippen LogP contribution in [0.25, 0.3) is 0 Å². The average molecular weight is 331 g/mol. The van der Waals surface area contributed by atoms with E-state index in [9.17, 15) is 9.59 Å². The summed E-state index contributed by atoms with van der Waals surface area (Å²) in [6, 6.07) is 8.85. The number of carboxylic acids is 1. The molecule has 2 rings (SSSR count). The van der Waals surface area contributed by atoms with Crippen molar-refractivity contribution < 1.29 is 14.7 Å². The van der Waals surface area contributed by atoms with Gasteiger partial charge in [0, 0.05) is 13.0 Å². The average Bonchev–Trinajstić information content (AvgIpc) is 2.98. The summed E-state index contributed by atoms with van der Waals surface area (Å²) in [4.78, 5) is 25.4. The van der Waals surface area contributed by atoms with Crippen molar-refractivity contribution in [3.05, 3.63) is 41.7 Å². The maximum absolute atomic E-state index is 13.0. The third-order valence-corrected chi connectivity index (χ3v) is 3.64. The quantitative estimate of drug-likeness (QED) is 0.777. The van der Waals surface area contributed by atoms with Crippen LogP contribution in [0.2, 0.25) is 0 Å². The van der Waals surface area contributed by atoms with Crippen LogP contribution in [0.5, 0.6) is 0 Å². The molecular formula is C16H21N5O3. The molecule has 0 spiro atoms. The van der Waals surface area contributed by atoms with Gasteiger partial charge >= 0.3 is 5.97 Å². The molecule has 1 amide bonds. The summed E-state index contributed by atoms with van der Waals surface area (Å²) in [5, 5.41) is 20.4. The number of hydrogen-bond donors (Lipinski definition) is 1. The zero-order valence-corrected chi connectivity index (χ0v) is 13.8. The lowest BCUT2D eigenvalue weighted by Gasteiger charge is -2.26. The Kier molecular flexibility index (Phi) is 6.00. The molecule has 0 aliphatic carbocycles. The van der Waals surface area contributed by atoms with Gasteiger partial charge in [-0.2, -0.15) is 0 Å². The molecule has 0 aliphatic rings. The highest BCUT2D eigenvalue weighted by molar-refractivity contribution is 5.84. The van der Waals surface area contributed by atoms with Crippen molar-refractivity contribution in [2.45, 2.75) is 32.7 Å².